The van der Waals surface area contributed by atoms with E-state index in [0.29, 0.717) is 54.6 Å². The number of nitrogens with one attached hydrogen (secondary N) is 1. The van der Waals surface area contributed by atoms with E-state index < -0.39 is 0 Å². The highest BCUT2D eigenvalue weighted by Crippen LogP contribution is 2.24. The van der Waals surface area contributed by atoms with Crippen molar-refractivity contribution >= 4 is 17.7 Å². The Kier molecular flexibility index (Phi) is 17.8. The first-order valence-corrected chi connectivity index (χ1v) is 20.1. The Labute approximate surface area is 348 Å². The number of benzene rings is 3. The van der Waals surface area contributed by atoms with Gasteiger partial charge in [0.05, 0.1) is 13.2 Å². The van der Waals surface area contributed by atoms with E-state index in [1.165, 1.54) is 0 Å². The molecular weight excluding hydrogens is 742 g/mol. The Hall–Kier alpha value is -5.85. The van der Waals surface area contributed by atoms with E-state index in [9.17, 15) is 14.6 Å². The number of aromatic nitrogens is 6. The van der Waals surface area contributed by atoms with Crippen molar-refractivity contribution in [2.24, 2.45) is 0 Å². The molecule has 0 radical (unpaired) electrons. The number of rotatable bonds is 14. The maximum atomic E-state index is 13.4. The molecule has 0 aliphatic rings. The molecule has 11 nitrogen and oxygen atoms in total. The number of anilines is 3. The first-order valence-electron chi connectivity index (χ1n) is 20.1. The third kappa shape index (κ3) is 14.8. The molecule has 0 spiro atoms. The summed E-state index contributed by atoms with van der Waals surface area (Å²) in [6, 6.07) is 31.1. The van der Waals surface area contributed by atoms with Crippen LogP contribution in [0.15, 0.2) is 103 Å². The molecule has 6 rings (SSSR count). The monoisotopic (exact) mass is 801 g/mol. The summed E-state index contributed by atoms with van der Waals surface area (Å²) in [5.74, 6) is 2.24. The zero-order chi connectivity index (χ0) is 42.9. The van der Waals surface area contributed by atoms with Crippen molar-refractivity contribution in [3.05, 3.63) is 160 Å². The first kappa shape index (κ1) is 45.8. The van der Waals surface area contributed by atoms with Gasteiger partial charge in [-0.15, -0.1) is 0 Å². The Morgan fingerprint density at radius 3 is 1.49 bits per heavy atom. The van der Waals surface area contributed by atoms with Gasteiger partial charge in [0, 0.05) is 52.9 Å². The second-order valence-electron chi connectivity index (χ2n) is 15.5. The zero-order valence-corrected chi connectivity index (χ0v) is 35.3. The van der Waals surface area contributed by atoms with Crippen molar-refractivity contribution in [2.75, 3.05) is 30.0 Å². The molecule has 2 atom stereocenters. The van der Waals surface area contributed by atoms with E-state index in [4.69, 9.17) is 11.5 Å². The SMILES string of the molecule is CC(C)c1cc(C[C@@H](CO)c2ccccc2)nc(N)n1.CC(C)c1cc(C[C@@H](CO)c2ccccc2)nc(N)n1.Cc1ccc(CNc2cc(C(C)C)ncn2)cc1F. The zero-order valence-electron chi connectivity index (χ0n) is 35.3. The maximum Gasteiger partial charge on any atom is 0.220 e. The molecule has 0 aliphatic carbocycles. The van der Waals surface area contributed by atoms with Crippen LogP contribution in [-0.4, -0.2) is 53.3 Å². The van der Waals surface area contributed by atoms with Gasteiger partial charge < -0.3 is 27.0 Å². The lowest BCUT2D eigenvalue weighted by Crippen LogP contribution is -2.11. The highest BCUT2D eigenvalue weighted by atomic mass is 19.1. The van der Waals surface area contributed by atoms with Crippen LogP contribution < -0.4 is 16.8 Å². The minimum atomic E-state index is -0.176. The molecule has 12 heteroatoms. The Morgan fingerprint density at radius 1 is 0.593 bits per heavy atom. The molecular formula is C47H60FN9O2. The number of nitrogens with two attached hydrogens (primary N) is 2. The van der Waals surface area contributed by atoms with Crippen molar-refractivity contribution in [3.63, 3.8) is 0 Å². The molecule has 6 aromatic rings. The minimum Gasteiger partial charge on any atom is -0.396 e. The maximum absolute atomic E-state index is 13.4. The Bertz CT molecular complexity index is 2070. The number of nitrogen functional groups attached to an aromatic ring is 2. The second-order valence-corrected chi connectivity index (χ2v) is 15.5. The number of aryl methyl sites for hydroxylation is 1. The number of nitrogens with zero attached hydrogens (tertiary/aromatic N) is 6. The van der Waals surface area contributed by atoms with Crippen LogP contribution in [0.25, 0.3) is 0 Å². The highest BCUT2D eigenvalue weighted by Gasteiger charge is 2.16. The van der Waals surface area contributed by atoms with Crippen molar-refractivity contribution < 1.29 is 14.6 Å². The van der Waals surface area contributed by atoms with Crippen LogP contribution in [0.2, 0.25) is 0 Å². The van der Waals surface area contributed by atoms with E-state index >= 15 is 0 Å². The third-order valence-corrected chi connectivity index (χ3v) is 9.70. The van der Waals surface area contributed by atoms with Gasteiger partial charge in [-0.25, -0.2) is 34.3 Å². The summed E-state index contributed by atoms with van der Waals surface area (Å²) in [5.41, 5.74) is 19.9. The number of halogens is 1. The number of aliphatic hydroxyl groups is 2. The fourth-order valence-corrected chi connectivity index (χ4v) is 6.13. The smallest absolute Gasteiger partial charge is 0.220 e. The quantitative estimate of drug-likeness (QED) is 0.0711. The van der Waals surface area contributed by atoms with Gasteiger partial charge in [0.15, 0.2) is 0 Å². The van der Waals surface area contributed by atoms with Gasteiger partial charge in [-0.3, -0.25) is 0 Å². The van der Waals surface area contributed by atoms with Crippen LogP contribution in [-0.2, 0) is 19.4 Å². The molecule has 7 N–H and O–H groups in total. The molecule has 0 aliphatic heterocycles. The molecule has 59 heavy (non-hydrogen) atoms. The van der Waals surface area contributed by atoms with Gasteiger partial charge in [-0.1, -0.05) is 114 Å². The summed E-state index contributed by atoms with van der Waals surface area (Å²) in [6.07, 6.45) is 2.87. The molecule has 3 aromatic carbocycles. The molecule has 3 heterocycles. The average molecular weight is 802 g/mol. The molecule has 0 fully saturated rings. The number of hydrogen-bond donors (Lipinski definition) is 5. The van der Waals surface area contributed by atoms with Gasteiger partial charge in [0.25, 0.3) is 0 Å². The summed E-state index contributed by atoms with van der Waals surface area (Å²) in [4.78, 5) is 25.4. The van der Waals surface area contributed by atoms with Crippen LogP contribution in [0.3, 0.4) is 0 Å². The third-order valence-electron chi connectivity index (χ3n) is 9.70. The van der Waals surface area contributed by atoms with Crippen molar-refractivity contribution in [1.29, 1.82) is 0 Å². The second kappa shape index (κ2) is 22.9. The summed E-state index contributed by atoms with van der Waals surface area (Å²) in [5, 5.41) is 22.4. The minimum absolute atomic E-state index is 0.0329. The lowest BCUT2D eigenvalue weighted by atomic mass is 9.94. The summed E-state index contributed by atoms with van der Waals surface area (Å²) in [7, 11) is 0. The molecule has 0 amide bonds. The van der Waals surface area contributed by atoms with Crippen LogP contribution in [0.1, 0.15) is 122 Å². The van der Waals surface area contributed by atoms with Crippen molar-refractivity contribution in [1.82, 2.24) is 29.9 Å². The van der Waals surface area contributed by atoms with Gasteiger partial charge in [0.2, 0.25) is 11.9 Å². The molecule has 312 valence electrons. The van der Waals surface area contributed by atoms with Gasteiger partial charge >= 0.3 is 0 Å². The predicted molar refractivity (Wildman–Crippen MR) is 236 cm³/mol. The largest absolute Gasteiger partial charge is 0.396 e. The molecule has 0 saturated heterocycles. The fourth-order valence-electron chi connectivity index (χ4n) is 6.13. The normalized spacial score (nSPS) is 12.0. The lowest BCUT2D eigenvalue weighted by Gasteiger charge is -2.15. The van der Waals surface area contributed by atoms with Crippen molar-refractivity contribution in [2.45, 2.75) is 97.4 Å². The molecule has 3 aromatic heterocycles. The molecule has 0 unspecified atom stereocenters. The summed E-state index contributed by atoms with van der Waals surface area (Å²) in [6.45, 7) is 15.0. The van der Waals surface area contributed by atoms with Gasteiger partial charge in [-0.05, 0) is 78.0 Å². The first-order chi connectivity index (χ1) is 28.3. The van der Waals surface area contributed by atoms with E-state index in [1.54, 1.807) is 25.4 Å². The van der Waals surface area contributed by atoms with Crippen LogP contribution >= 0.6 is 0 Å². The Balaban J connectivity index is 0.000000196. The summed E-state index contributed by atoms with van der Waals surface area (Å²) < 4.78 is 13.4. The summed E-state index contributed by atoms with van der Waals surface area (Å²) >= 11 is 0. The standard InChI is InChI=1S/2C16H21N3O.C15H18FN3/c2*1-11(2)15-9-14(18-16(17)19-15)8-13(10-20)12-6-4-3-5-7-12;1-10(2)14-7-15(19-9-18-14)17-8-12-5-4-11(3)13(16)6-12/h2*3-7,9,11,13,20H,8,10H2,1-2H3,(H2,17,18,19);4-7,9-10H,8H2,1-3H3,(H,17,18,19)/t2*13-;/m00./s1. The van der Waals surface area contributed by atoms with Crippen molar-refractivity contribution in [3.8, 4) is 0 Å². The van der Waals surface area contributed by atoms with Crippen LogP contribution in [0.5, 0.6) is 0 Å². The van der Waals surface area contributed by atoms with Gasteiger partial charge in [0.1, 0.15) is 18.0 Å². The lowest BCUT2D eigenvalue weighted by molar-refractivity contribution is 0.263. The Morgan fingerprint density at radius 2 is 1.07 bits per heavy atom. The molecule has 0 bridgehead atoms. The fraction of sp³-hybridized carbons (Fsp3) is 0.362. The van der Waals surface area contributed by atoms with Crippen LogP contribution in [0, 0.1) is 12.7 Å². The number of hydrogen-bond acceptors (Lipinski definition) is 11. The van der Waals surface area contributed by atoms with Gasteiger partial charge in [-0.2, -0.15) is 0 Å². The van der Waals surface area contributed by atoms with E-state index in [-0.39, 0.29) is 30.9 Å². The number of aliphatic hydroxyl groups excluding tert-OH is 2. The topological polar surface area (TPSA) is 182 Å². The van der Waals surface area contributed by atoms with Crippen LogP contribution in [0.4, 0.5) is 22.1 Å². The van der Waals surface area contributed by atoms with E-state index in [1.807, 2.05) is 84.9 Å². The average Bonchev–Trinajstić information content (AvgIpc) is 3.23. The van der Waals surface area contributed by atoms with E-state index in [0.717, 1.165) is 51.0 Å². The highest BCUT2D eigenvalue weighted by molar-refractivity contribution is 5.37. The molecule has 0 saturated carbocycles. The predicted octanol–water partition coefficient (Wildman–Crippen LogP) is 8.66. The van der Waals surface area contributed by atoms with E-state index in [2.05, 4.69) is 76.8 Å².